The van der Waals surface area contributed by atoms with E-state index < -0.39 is 5.60 Å². The summed E-state index contributed by atoms with van der Waals surface area (Å²) in [5, 5.41) is 6.62. The number of nitrogens with one attached hydrogen (secondary N) is 2. The molecule has 0 saturated carbocycles. The van der Waals surface area contributed by atoms with Crippen LogP contribution in [0.15, 0.2) is 4.99 Å². The Morgan fingerprint density at radius 2 is 2.04 bits per heavy atom. The van der Waals surface area contributed by atoms with Crippen LogP contribution < -0.4 is 10.6 Å². The Morgan fingerprint density at radius 1 is 1.33 bits per heavy atom. The lowest BCUT2D eigenvalue weighted by Gasteiger charge is -2.35. The van der Waals surface area contributed by atoms with Gasteiger partial charge < -0.3 is 25.2 Å². The van der Waals surface area contributed by atoms with Gasteiger partial charge in [0.2, 0.25) is 5.91 Å². The Balaban J connectivity index is 2.67. The SMILES string of the molecule is CSCCNC(=NCC(=O)N(C)C)NC1CCCN(C(=O)OC(C)(C)C)C1. The molecule has 0 spiro atoms. The number of piperidine rings is 1. The molecule has 0 bridgehead atoms. The van der Waals surface area contributed by atoms with Crippen LogP contribution in [-0.4, -0.2) is 91.7 Å². The number of hydrogen-bond donors (Lipinski definition) is 2. The number of carbonyl (C=O) groups excluding carboxylic acids is 2. The second-order valence-electron chi connectivity index (χ2n) is 7.78. The predicted molar refractivity (Wildman–Crippen MR) is 111 cm³/mol. The van der Waals surface area contributed by atoms with E-state index >= 15 is 0 Å². The van der Waals surface area contributed by atoms with E-state index in [9.17, 15) is 9.59 Å². The van der Waals surface area contributed by atoms with Crippen molar-refractivity contribution in [2.75, 3.05) is 52.3 Å². The summed E-state index contributed by atoms with van der Waals surface area (Å²) < 4.78 is 5.48. The van der Waals surface area contributed by atoms with Gasteiger partial charge in [0.15, 0.2) is 5.96 Å². The summed E-state index contributed by atoms with van der Waals surface area (Å²) in [7, 11) is 3.43. The predicted octanol–water partition coefficient (Wildman–Crippen LogP) is 1.37. The molecule has 1 atom stereocenters. The first-order valence-electron chi connectivity index (χ1n) is 9.34. The van der Waals surface area contributed by atoms with Crippen LogP contribution in [0.3, 0.4) is 0 Å². The van der Waals surface area contributed by atoms with Crippen molar-refractivity contribution in [2.24, 2.45) is 4.99 Å². The number of nitrogens with zero attached hydrogens (tertiary/aromatic N) is 3. The van der Waals surface area contributed by atoms with Gasteiger partial charge >= 0.3 is 6.09 Å². The van der Waals surface area contributed by atoms with E-state index in [1.54, 1.807) is 30.8 Å². The van der Waals surface area contributed by atoms with Crippen molar-refractivity contribution in [3.63, 3.8) is 0 Å². The largest absolute Gasteiger partial charge is 0.444 e. The van der Waals surface area contributed by atoms with Crippen molar-refractivity contribution in [2.45, 2.75) is 45.3 Å². The van der Waals surface area contributed by atoms with E-state index in [1.165, 1.54) is 4.90 Å². The Morgan fingerprint density at radius 3 is 2.63 bits per heavy atom. The molecule has 0 aliphatic carbocycles. The summed E-state index contributed by atoms with van der Waals surface area (Å²) in [6, 6.07) is 0.0706. The molecule has 9 heteroatoms. The molecule has 2 amide bonds. The van der Waals surface area contributed by atoms with E-state index in [4.69, 9.17) is 4.74 Å². The number of likely N-dealkylation sites (N-methyl/N-ethyl adjacent to an activating group) is 1. The number of amides is 2. The Hall–Kier alpha value is -1.64. The van der Waals surface area contributed by atoms with Gasteiger partial charge in [-0.15, -0.1) is 0 Å². The van der Waals surface area contributed by atoms with E-state index in [2.05, 4.69) is 15.6 Å². The number of aliphatic imine (C=N–C) groups is 1. The number of likely N-dealkylation sites (tertiary alicyclic amines) is 1. The minimum Gasteiger partial charge on any atom is -0.444 e. The third-order valence-electron chi connectivity index (χ3n) is 3.88. The fraction of sp³-hybridized carbons (Fsp3) is 0.833. The van der Waals surface area contributed by atoms with Crippen LogP contribution in [0.5, 0.6) is 0 Å². The van der Waals surface area contributed by atoms with Gasteiger partial charge in [-0.1, -0.05) is 0 Å². The minimum atomic E-state index is -0.504. The highest BCUT2D eigenvalue weighted by molar-refractivity contribution is 7.98. The molecular weight excluding hydrogens is 366 g/mol. The van der Waals surface area contributed by atoms with Gasteiger partial charge in [-0.25, -0.2) is 9.79 Å². The second kappa shape index (κ2) is 11.3. The van der Waals surface area contributed by atoms with Crippen molar-refractivity contribution in [1.29, 1.82) is 0 Å². The smallest absolute Gasteiger partial charge is 0.410 e. The Labute approximate surface area is 167 Å². The van der Waals surface area contributed by atoms with Crippen molar-refractivity contribution in [1.82, 2.24) is 20.4 Å². The molecular formula is C18H35N5O3S. The third-order valence-corrected chi connectivity index (χ3v) is 4.50. The van der Waals surface area contributed by atoms with E-state index in [-0.39, 0.29) is 24.6 Å². The van der Waals surface area contributed by atoms with E-state index in [0.29, 0.717) is 19.0 Å². The summed E-state index contributed by atoms with van der Waals surface area (Å²) >= 11 is 1.74. The lowest BCUT2D eigenvalue weighted by molar-refractivity contribution is -0.127. The Bertz CT molecular complexity index is 520. The molecule has 1 aliphatic rings. The molecule has 1 rings (SSSR count). The molecule has 156 valence electrons. The van der Waals surface area contributed by atoms with E-state index in [1.807, 2.05) is 27.0 Å². The first-order valence-corrected chi connectivity index (χ1v) is 10.7. The molecule has 0 aromatic carbocycles. The van der Waals surface area contributed by atoms with E-state index in [0.717, 1.165) is 25.1 Å². The topological polar surface area (TPSA) is 86.3 Å². The number of guanidine groups is 1. The highest BCUT2D eigenvalue weighted by Crippen LogP contribution is 2.15. The monoisotopic (exact) mass is 401 g/mol. The van der Waals surface area contributed by atoms with Crippen LogP contribution in [0.25, 0.3) is 0 Å². The standard InChI is InChI=1S/C18H35N5O3S/c1-18(2,3)26-17(25)23-10-7-8-14(13-23)21-16(19-9-11-27-6)20-12-15(24)22(4)5/h14H,7-13H2,1-6H3,(H2,19,20,21). The molecule has 1 heterocycles. The molecule has 1 saturated heterocycles. The highest BCUT2D eigenvalue weighted by Gasteiger charge is 2.28. The van der Waals surface area contributed by atoms with Crippen LogP contribution in [0.1, 0.15) is 33.6 Å². The number of carbonyl (C=O) groups is 2. The van der Waals surface area contributed by atoms with Crippen LogP contribution >= 0.6 is 11.8 Å². The van der Waals surface area contributed by atoms with Gasteiger partial charge in [0.05, 0.1) is 0 Å². The molecule has 0 aromatic rings. The number of hydrogen-bond acceptors (Lipinski definition) is 5. The molecule has 1 fully saturated rings. The van der Waals surface area contributed by atoms with Crippen molar-refractivity contribution >= 4 is 29.7 Å². The minimum absolute atomic E-state index is 0.0556. The van der Waals surface area contributed by atoms with Crippen LogP contribution in [0, 0.1) is 0 Å². The normalized spacial score (nSPS) is 18.1. The first-order chi connectivity index (χ1) is 12.6. The summed E-state index contributed by atoms with van der Waals surface area (Å²) in [5.41, 5.74) is -0.504. The summed E-state index contributed by atoms with van der Waals surface area (Å²) in [5.74, 6) is 1.49. The average Bonchev–Trinajstić information content (AvgIpc) is 2.58. The molecule has 1 aliphatic heterocycles. The van der Waals surface area contributed by atoms with Crippen LogP contribution in [0.2, 0.25) is 0 Å². The highest BCUT2D eigenvalue weighted by atomic mass is 32.2. The summed E-state index contributed by atoms with van der Waals surface area (Å²) in [6.07, 6.45) is 3.59. The van der Waals surface area contributed by atoms with Crippen molar-refractivity contribution in [3.05, 3.63) is 0 Å². The van der Waals surface area contributed by atoms with Crippen LogP contribution in [0.4, 0.5) is 4.79 Å². The molecule has 0 radical (unpaired) electrons. The van der Waals surface area contributed by atoms with Crippen molar-refractivity contribution < 1.29 is 14.3 Å². The maximum Gasteiger partial charge on any atom is 0.410 e. The van der Waals surface area contributed by atoms with Crippen molar-refractivity contribution in [3.8, 4) is 0 Å². The molecule has 2 N–H and O–H groups in total. The molecule has 1 unspecified atom stereocenters. The second-order valence-corrected chi connectivity index (χ2v) is 8.77. The zero-order valence-electron chi connectivity index (χ0n) is 17.5. The average molecular weight is 402 g/mol. The Kier molecular flexibility index (Phi) is 9.76. The van der Waals surface area contributed by atoms with Gasteiger partial charge in [0, 0.05) is 45.5 Å². The van der Waals surface area contributed by atoms with Gasteiger partial charge in [0.1, 0.15) is 12.1 Å². The molecule has 27 heavy (non-hydrogen) atoms. The van der Waals surface area contributed by atoms with Gasteiger partial charge in [-0.3, -0.25) is 4.79 Å². The first kappa shape index (κ1) is 23.4. The quantitative estimate of drug-likeness (QED) is 0.397. The fourth-order valence-electron chi connectivity index (χ4n) is 2.49. The molecule has 8 nitrogen and oxygen atoms in total. The zero-order chi connectivity index (χ0) is 20.4. The van der Waals surface area contributed by atoms with Gasteiger partial charge in [-0.05, 0) is 39.9 Å². The van der Waals surface area contributed by atoms with Gasteiger partial charge in [-0.2, -0.15) is 11.8 Å². The number of thioether (sulfide) groups is 1. The number of rotatable bonds is 6. The fourth-order valence-corrected chi connectivity index (χ4v) is 2.80. The summed E-state index contributed by atoms with van der Waals surface area (Å²) in [6.45, 7) is 7.69. The molecule has 0 aromatic heterocycles. The van der Waals surface area contributed by atoms with Crippen LogP contribution in [-0.2, 0) is 9.53 Å². The number of ether oxygens (including phenoxy) is 1. The maximum absolute atomic E-state index is 12.3. The van der Waals surface area contributed by atoms with Gasteiger partial charge in [0.25, 0.3) is 0 Å². The zero-order valence-corrected chi connectivity index (χ0v) is 18.3. The lowest BCUT2D eigenvalue weighted by atomic mass is 10.1. The lowest BCUT2D eigenvalue weighted by Crippen LogP contribution is -2.53. The summed E-state index contributed by atoms with van der Waals surface area (Å²) in [4.78, 5) is 31.8. The maximum atomic E-state index is 12.3. The third kappa shape index (κ3) is 9.74.